The number of thioether (sulfide) groups is 1. The summed E-state index contributed by atoms with van der Waals surface area (Å²) in [5.74, 6) is 4.33. The van der Waals surface area contributed by atoms with E-state index in [4.69, 9.17) is 4.98 Å². The second kappa shape index (κ2) is 5.69. The number of nitrogens with zero attached hydrogens (tertiary/aromatic N) is 4. The molecule has 3 rings (SSSR count). The largest absolute Gasteiger partial charge is 0.369 e. The van der Waals surface area contributed by atoms with Crippen molar-refractivity contribution < 1.29 is 0 Å². The fourth-order valence-corrected chi connectivity index (χ4v) is 3.24. The Labute approximate surface area is 117 Å². The Morgan fingerprint density at radius 3 is 3.21 bits per heavy atom. The Morgan fingerprint density at radius 1 is 1.37 bits per heavy atom. The van der Waals surface area contributed by atoms with Crippen molar-refractivity contribution in [2.24, 2.45) is 0 Å². The molecular weight excluding hydrogens is 258 g/mol. The first-order chi connectivity index (χ1) is 9.38. The summed E-state index contributed by atoms with van der Waals surface area (Å²) in [5, 5.41) is 3.29. The molecule has 3 heterocycles. The maximum atomic E-state index is 4.75. The van der Waals surface area contributed by atoms with Crippen molar-refractivity contribution in [2.45, 2.75) is 13.3 Å². The highest BCUT2D eigenvalue weighted by atomic mass is 32.2. The van der Waals surface area contributed by atoms with Gasteiger partial charge in [-0.25, -0.2) is 9.97 Å². The topological polar surface area (TPSA) is 45.5 Å². The lowest BCUT2D eigenvalue weighted by atomic mass is 10.4. The second-order valence-electron chi connectivity index (χ2n) is 4.59. The summed E-state index contributed by atoms with van der Waals surface area (Å²) in [6.07, 6.45) is 7.03. The number of imidazole rings is 1. The van der Waals surface area contributed by atoms with Crippen LogP contribution in [-0.2, 0) is 0 Å². The Bertz CT molecular complexity index is 545. The average molecular weight is 277 g/mol. The van der Waals surface area contributed by atoms with E-state index in [2.05, 4.69) is 26.5 Å². The first-order valence-electron chi connectivity index (χ1n) is 6.79. The molecule has 19 heavy (non-hydrogen) atoms. The van der Waals surface area contributed by atoms with Crippen LogP contribution in [0.1, 0.15) is 13.3 Å². The molecule has 0 amide bonds. The normalized spacial score (nSPS) is 16.6. The summed E-state index contributed by atoms with van der Waals surface area (Å²) in [6.45, 7) is 5.08. The Kier molecular flexibility index (Phi) is 3.77. The summed E-state index contributed by atoms with van der Waals surface area (Å²) < 4.78 is 2.05. The van der Waals surface area contributed by atoms with Crippen LogP contribution < -0.4 is 10.2 Å². The van der Waals surface area contributed by atoms with Crippen LogP contribution in [0.25, 0.3) is 5.65 Å². The fourth-order valence-electron chi connectivity index (χ4n) is 2.35. The second-order valence-corrected chi connectivity index (χ2v) is 5.82. The predicted molar refractivity (Wildman–Crippen MR) is 81.3 cm³/mol. The number of nitrogens with one attached hydrogen (secondary N) is 1. The van der Waals surface area contributed by atoms with Crippen molar-refractivity contribution in [3.05, 3.63) is 18.6 Å². The summed E-state index contributed by atoms with van der Waals surface area (Å²) >= 11 is 2.02. The number of hydrogen-bond donors (Lipinski definition) is 1. The standard InChI is InChI=1S/C13H19N5S/c1-2-14-11-10-18-6-4-15-12(18)13(16-11)17-5-3-8-19-9-7-17/h4,6,10,14H,2-3,5,7-9H2,1H3. The molecule has 2 aromatic rings. The van der Waals surface area contributed by atoms with Crippen LogP contribution in [0.3, 0.4) is 0 Å². The van der Waals surface area contributed by atoms with E-state index in [0.717, 1.165) is 36.9 Å². The van der Waals surface area contributed by atoms with E-state index in [1.807, 2.05) is 30.4 Å². The number of fused-ring (bicyclic) bond motifs is 1. The smallest absolute Gasteiger partial charge is 0.180 e. The van der Waals surface area contributed by atoms with Gasteiger partial charge in [-0.2, -0.15) is 11.8 Å². The number of hydrogen-bond acceptors (Lipinski definition) is 5. The molecule has 5 nitrogen and oxygen atoms in total. The maximum absolute atomic E-state index is 4.75. The van der Waals surface area contributed by atoms with Crippen LogP contribution in [-0.4, -0.2) is 45.5 Å². The zero-order valence-corrected chi connectivity index (χ0v) is 12.0. The lowest BCUT2D eigenvalue weighted by Gasteiger charge is -2.22. The molecule has 1 saturated heterocycles. The Morgan fingerprint density at radius 2 is 2.32 bits per heavy atom. The molecular formula is C13H19N5S. The molecule has 0 aliphatic carbocycles. The van der Waals surface area contributed by atoms with E-state index < -0.39 is 0 Å². The highest BCUT2D eigenvalue weighted by molar-refractivity contribution is 7.99. The van der Waals surface area contributed by atoms with Gasteiger partial charge < -0.3 is 14.6 Å². The third-order valence-corrected chi connectivity index (χ3v) is 4.28. The zero-order chi connectivity index (χ0) is 13.1. The van der Waals surface area contributed by atoms with Gasteiger partial charge in [0, 0.05) is 37.8 Å². The fraction of sp³-hybridized carbons (Fsp3) is 0.538. The molecule has 1 aliphatic heterocycles. The first kappa shape index (κ1) is 12.6. The zero-order valence-electron chi connectivity index (χ0n) is 11.2. The molecule has 1 N–H and O–H groups in total. The van der Waals surface area contributed by atoms with Gasteiger partial charge in [0.05, 0.1) is 6.20 Å². The minimum Gasteiger partial charge on any atom is -0.369 e. The molecule has 0 aromatic carbocycles. The van der Waals surface area contributed by atoms with Crippen molar-refractivity contribution in [1.82, 2.24) is 14.4 Å². The summed E-state index contributed by atoms with van der Waals surface area (Å²) in [5.41, 5.74) is 0.952. The van der Waals surface area contributed by atoms with Crippen LogP contribution in [0.4, 0.5) is 11.6 Å². The Hall–Kier alpha value is -1.43. The van der Waals surface area contributed by atoms with Crippen LogP contribution in [0.5, 0.6) is 0 Å². The third-order valence-electron chi connectivity index (χ3n) is 3.24. The molecule has 1 fully saturated rings. The van der Waals surface area contributed by atoms with Gasteiger partial charge in [0.15, 0.2) is 11.5 Å². The van der Waals surface area contributed by atoms with Gasteiger partial charge in [0.1, 0.15) is 5.82 Å². The number of rotatable bonds is 3. The average Bonchev–Trinajstić information content (AvgIpc) is 2.72. The Balaban J connectivity index is 2.01. The highest BCUT2D eigenvalue weighted by Crippen LogP contribution is 2.23. The molecule has 2 aromatic heterocycles. The minimum atomic E-state index is 0.877. The quantitative estimate of drug-likeness (QED) is 0.931. The number of aromatic nitrogens is 3. The molecule has 6 heteroatoms. The lowest BCUT2D eigenvalue weighted by Crippen LogP contribution is -2.27. The van der Waals surface area contributed by atoms with Crippen LogP contribution in [0.2, 0.25) is 0 Å². The molecule has 0 spiro atoms. The van der Waals surface area contributed by atoms with Crippen molar-refractivity contribution >= 4 is 29.0 Å². The lowest BCUT2D eigenvalue weighted by molar-refractivity contribution is 0.800. The molecule has 102 valence electrons. The van der Waals surface area contributed by atoms with Crippen LogP contribution >= 0.6 is 11.8 Å². The van der Waals surface area contributed by atoms with E-state index in [-0.39, 0.29) is 0 Å². The molecule has 1 aliphatic rings. The van der Waals surface area contributed by atoms with Gasteiger partial charge in [0.25, 0.3) is 0 Å². The summed E-state index contributed by atoms with van der Waals surface area (Å²) in [6, 6.07) is 0. The van der Waals surface area contributed by atoms with E-state index in [0.29, 0.717) is 0 Å². The van der Waals surface area contributed by atoms with Gasteiger partial charge in [-0.3, -0.25) is 0 Å². The van der Waals surface area contributed by atoms with Crippen molar-refractivity contribution in [1.29, 1.82) is 0 Å². The molecule has 0 unspecified atom stereocenters. The minimum absolute atomic E-state index is 0.877. The maximum Gasteiger partial charge on any atom is 0.180 e. The van der Waals surface area contributed by atoms with Crippen LogP contribution in [0.15, 0.2) is 18.6 Å². The molecule has 0 bridgehead atoms. The molecule has 0 saturated carbocycles. The van der Waals surface area contributed by atoms with E-state index >= 15 is 0 Å². The predicted octanol–water partition coefficient (Wildman–Crippen LogP) is 2.10. The molecule has 0 radical (unpaired) electrons. The van der Waals surface area contributed by atoms with Crippen LogP contribution in [0, 0.1) is 0 Å². The van der Waals surface area contributed by atoms with Gasteiger partial charge in [-0.15, -0.1) is 0 Å². The van der Waals surface area contributed by atoms with E-state index in [1.54, 1.807) is 0 Å². The number of anilines is 2. The monoisotopic (exact) mass is 277 g/mol. The van der Waals surface area contributed by atoms with Gasteiger partial charge in [0.2, 0.25) is 0 Å². The van der Waals surface area contributed by atoms with Gasteiger partial charge in [-0.05, 0) is 19.1 Å². The van der Waals surface area contributed by atoms with Crippen molar-refractivity contribution in [2.75, 3.05) is 41.4 Å². The van der Waals surface area contributed by atoms with Crippen molar-refractivity contribution in [3.63, 3.8) is 0 Å². The van der Waals surface area contributed by atoms with E-state index in [1.165, 1.54) is 17.9 Å². The third kappa shape index (κ3) is 2.63. The van der Waals surface area contributed by atoms with Gasteiger partial charge in [-0.1, -0.05) is 0 Å². The van der Waals surface area contributed by atoms with Crippen molar-refractivity contribution in [3.8, 4) is 0 Å². The van der Waals surface area contributed by atoms with E-state index in [9.17, 15) is 0 Å². The summed E-state index contributed by atoms with van der Waals surface area (Å²) in [4.78, 5) is 11.6. The SMILES string of the molecule is CCNc1cn2ccnc2c(N2CCCSCC2)n1. The highest BCUT2D eigenvalue weighted by Gasteiger charge is 2.16. The molecule has 0 atom stereocenters. The first-order valence-corrected chi connectivity index (χ1v) is 7.94. The van der Waals surface area contributed by atoms with Gasteiger partial charge >= 0.3 is 0 Å². The summed E-state index contributed by atoms with van der Waals surface area (Å²) in [7, 11) is 0.